The molecule has 3 rings (SSSR count). The van der Waals surface area contributed by atoms with Gasteiger partial charge in [-0.3, -0.25) is 4.79 Å². The van der Waals surface area contributed by atoms with Crippen LogP contribution in [-0.2, 0) is 0 Å². The van der Waals surface area contributed by atoms with Crippen LogP contribution in [0.15, 0.2) is 28.7 Å². The zero-order chi connectivity index (χ0) is 13.6. The van der Waals surface area contributed by atoms with Crippen LogP contribution in [0.3, 0.4) is 0 Å². The minimum absolute atomic E-state index is 0.434. The van der Waals surface area contributed by atoms with E-state index in [-0.39, 0.29) is 0 Å². The SMILES string of the molecule is Cc1nc2ccc(-c3cc(C(N)=O)c(C)[nH]3)cc2o1. The minimum Gasteiger partial charge on any atom is -0.441 e. The molecule has 2 aromatic heterocycles. The Morgan fingerprint density at radius 2 is 2.11 bits per heavy atom. The number of primary amides is 1. The lowest BCUT2D eigenvalue weighted by Crippen LogP contribution is -2.10. The first-order valence-electron chi connectivity index (χ1n) is 5.91. The lowest BCUT2D eigenvalue weighted by molar-refractivity contribution is 0.1000. The number of nitrogens with one attached hydrogen (secondary N) is 1. The number of nitrogens with two attached hydrogens (primary N) is 1. The van der Waals surface area contributed by atoms with Crippen molar-refractivity contribution in [2.75, 3.05) is 0 Å². The van der Waals surface area contributed by atoms with Gasteiger partial charge in [0.2, 0.25) is 0 Å². The van der Waals surface area contributed by atoms with Crippen molar-refractivity contribution in [2.24, 2.45) is 5.73 Å². The number of fused-ring (bicyclic) bond motifs is 1. The third-order valence-corrected chi connectivity index (χ3v) is 3.09. The fraction of sp³-hybridized carbons (Fsp3) is 0.143. The smallest absolute Gasteiger partial charge is 0.250 e. The standard InChI is InChI=1S/C14H13N3O2/c1-7-10(14(15)18)6-12(16-7)9-3-4-11-13(5-9)19-8(2)17-11/h3-6,16H,1-2H3,(H2,15,18). The Hall–Kier alpha value is -2.56. The third-order valence-electron chi connectivity index (χ3n) is 3.09. The van der Waals surface area contributed by atoms with Gasteiger partial charge in [0.1, 0.15) is 5.52 Å². The Labute approximate surface area is 109 Å². The maximum Gasteiger partial charge on any atom is 0.250 e. The molecule has 1 amide bonds. The second-order valence-corrected chi connectivity index (χ2v) is 4.50. The number of hydrogen-bond donors (Lipinski definition) is 2. The number of nitrogens with zero attached hydrogens (tertiary/aromatic N) is 1. The quantitative estimate of drug-likeness (QED) is 0.737. The Morgan fingerprint density at radius 3 is 2.79 bits per heavy atom. The number of aromatic nitrogens is 2. The number of aromatic amines is 1. The minimum atomic E-state index is -0.434. The topological polar surface area (TPSA) is 84.9 Å². The fourth-order valence-electron chi connectivity index (χ4n) is 2.18. The molecule has 0 spiro atoms. The van der Waals surface area contributed by atoms with Crippen molar-refractivity contribution in [3.8, 4) is 11.3 Å². The molecule has 19 heavy (non-hydrogen) atoms. The largest absolute Gasteiger partial charge is 0.441 e. The van der Waals surface area contributed by atoms with E-state index in [2.05, 4.69) is 9.97 Å². The number of oxazole rings is 1. The van der Waals surface area contributed by atoms with E-state index < -0.39 is 5.91 Å². The molecule has 3 aromatic rings. The maximum atomic E-state index is 11.3. The summed E-state index contributed by atoms with van der Waals surface area (Å²) in [4.78, 5) is 18.7. The van der Waals surface area contributed by atoms with Crippen molar-refractivity contribution >= 4 is 17.0 Å². The van der Waals surface area contributed by atoms with Gasteiger partial charge in [-0.15, -0.1) is 0 Å². The first-order chi connectivity index (χ1) is 9.04. The summed E-state index contributed by atoms with van der Waals surface area (Å²) >= 11 is 0. The van der Waals surface area contributed by atoms with Gasteiger partial charge < -0.3 is 15.1 Å². The van der Waals surface area contributed by atoms with Crippen molar-refractivity contribution in [2.45, 2.75) is 13.8 Å². The molecule has 0 fully saturated rings. The van der Waals surface area contributed by atoms with E-state index in [4.69, 9.17) is 10.2 Å². The van der Waals surface area contributed by atoms with Crippen LogP contribution in [0.25, 0.3) is 22.4 Å². The van der Waals surface area contributed by atoms with Crippen molar-refractivity contribution in [1.29, 1.82) is 0 Å². The average molecular weight is 255 g/mol. The van der Waals surface area contributed by atoms with E-state index in [1.807, 2.05) is 32.0 Å². The van der Waals surface area contributed by atoms with E-state index in [0.29, 0.717) is 11.5 Å². The molecule has 0 atom stereocenters. The summed E-state index contributed by atoms with van der Waals surface area (Å²) in [5, 5.41) is 0. The number of rotatable bonds is 2. The van der Waals surface area contributed by atoms with Gasteiger partial charge in [0.25, 0.3) is 5.91 Å². The summed E-state index contributed by atoms with van der Waals surface area (Å²) in [7, 11) is 0. The molecule has 0 aliphatic heterocycles. The second-order valence-electron chi connectivity index (χ2n) is 4.50. The molecular formula is C14H13N3O2. The Kier molecular flexibility index (Phi) is 2.41. The molecule has 1 aromatic carbocycles. The van der Waals surface area contributed by atoms with E-state index in [1.54, 1.807) is 6.07 Å². The number of carbonyl (C=O) groups is 1. The van der Waals surface area contributed by atoms with Crippen molar-refractivity contribution in [3.05, 3.63) is 41.4 Å². The Balaban J connectivity index is 2.13. The molecule has 0 unspecified atom stereocenters. The monoisotopic (exact) mass is 255 g/mol. The van der Waals surface area contributed by atoms with Crippen molar-refractivity contribution in [3.63, 3.8) is 0 Å². The van der Waals surface area contributed by atoms with Crippen LogP contribution in [0, 0.1) is 13.8 Å². The van der Waals surface area contributed by atoms with Crippen molar-refractivity contribution < 1.29 is 9.21 Å². The number of benzene rings is 1. The van der Waals surface area contributed by atoms with E-state index >= 15 is 0 Å². The van der Waals surface area contributed by atoms with E-state index in [0.717, 1.165) is 28.1 Å². The zero-order valence-corrected chi connectivity index (χ0v) is 10.7. The molecule has 5 nitrogen and oxygen atoms in total. The third kappa shape index (κ3) is 1.89. The van der Waals surface area contributed by atoms with Crippen LogP contribution in [0.4, 0.5) is 0 Å². The van der Waals surface area contributed by atoms with Gasteiger partial charge in [0, 0.05) is 23.9 Å². The van der Waals surface area contributed by atoms with Gasteiger partial charge in [-0.2, -0.15) is 0 Å². The maximum absolute atomic E-state index is 11.3. The Morgan fingerprint density at radius 1 is 1.32 bits per heavy atom. The normalized spacial score (nSPS) is 11.1. The number of carbonyl (C=O) groups excluding carboxylic acids is 1. The fourth-order valence-corrected chi connectivity index (χ4v) is 2.18. The molecule has 0 aliphatic carbocycles. The highest BCUT2D eigenvalue weighted by Crippen LogP contribution is 2.25. The zero-order valence-electron chi connectivity index (χ0n) is 10.7. The molecule has 2 heterocycles. The summed E-state index contributed by atoms with van der Waals surface area (Å²) in [6, 6.07) is 7.47. The first-order valence-corrected chi connectivity index (χ1v) is 5.91. The lowest BCUT2D eigenvalue weighted by atomic mass is 10.1. The second kappa shape index (κ2) is 3.98. The molecule has 0 aliphatic rings. The lowest BCUT2D eigenvalue weighted by Gasteiger charge is -1.96. The molecule has 0 radical (unpaired) electrons. The van der Waals surface area contributed by atoms with Crippen LogP contribution < -0.4 is 5.73 Å². The van der Waals surface area contributed by atoms with Gasteiger partial charge >= 0.3 is 0 Å². The molecule has 0 saturated carbocycles. The summed E-state index contributed by atoms with van der Waals surface area (Å²) in [5.74, 6) is 0.198. The van der Waals surface area contributed by atoms with Gasteiger partial charge in [-0.05, 0) is 25.1 Å². The van der Waals surface area contributed by atoms with E-state index in [9.17, 15) is 4.79 Å². The van der Waals surface area contributed by atoms with Gasteiger partial charge in [0.15, 0.2) is 11.5 Å². The van der Waals surface area contributed by atoms with Crippen LogP contribution in [0.2, 0.25) is 0 Å². The number of H-pyrrole nitrogens is 1. The highest BCUT2D eigenvalue weighted by atomic mass is 16.3. The summed E-state index contributed by atoms with van der Waals surface area (Å²) < 4.78 is 5.50. The summed E-state index contributed by atoms with van der Waals surface area (Å²) in [5.41, 5.74) is 9.89. The predicted octanol–water partition coefficient (Wildman–Crippen LogP) is 2.54. The number of hydrogen-bond acceptors (Lipinski definition) is 3. The van der Waals surface area contributed by atoms with Crippen LogP contribution >= 0.6 is 0 Å². The molecule has 5 heteroatoms. The molecule has 0 bridgehead atoms. The first kappa shape index (κ1) is 11.5. The average Bonchev–Trinajstić information content (AvgIpc) is 2.89. The van der Waals surface area contributed by atoms with E-state index in [1.165, 1.54) is 0 Å². The van der Waals surface area contributed by atoms with Crippen molar-refractivity contribution in [1.82, 2.24) is 9.97 Å². The number of aryl methyl sites for hydroxylation is 2. The molecular weight excluding hydrogens is 242 g/mol. The number of amides is 1. The van der Waals surface area contributed by atoms with Crippen LogP contribution in [0.5, 0.6) is 0 Å². The highest BCUT2D eigenvalue weighted by molar-refractivity contribution is 5.95. The molecule has 0 saturated heterocycles. The Bertz CT molecular complexity index is 783. The summed E-state index contributed by atoms with van der Waals surface area (Å²) in [6.07, 6.45) is 0. The molecule has 96 valence electrons. The predicted molar refractivity (Wildman–Crippen MR) is 71.8 cm³/mol. The highest BCUT2D eigenvalue weighted by Gasteiger charge is 2.12. The van der Waals surface area contributed by atoms with Crippen LogP contribution in [0.1, 0.15) is 21.9 Å². The van der Waals surface area contributed by atoms with Gasteiger partial charge in [-0.1, -0.05) is 6.07 Å². The van der Waals surface area contributed by atoms with Crippen LogP contribution in [-0.4, -0.2) is 15.9 Å². The summed E-state index contributed by atoms with van der Waals surface area (Å²) in [6.45, 7) is 3.63. The van der Waals surface area contributed by atoms with Gasteiger partial charge in [0.05, 0.1) is 5.56 Å². The van der Waals surface area contributed by atoms with Gasteiger partial charge in [-0.25, -0.2) is 4.98 Å². The molecule has 3 N–H and O–H groups in total.